The summed E-state index contributed by atoms with van der Waals surface area (Å²) in [4.78, 5) is 12.4. The van der Waals surface area contributed by atoms with Crippen LogP contribution in [0.2, 0.25) is 39.3 Å². The molecule has 1 heterocycles. The van der Waals surface area contributed by atoms with Crippen molar-refractivity contribution in [1.29, 1.82) is 0 Å². The fourth-order valence-electron chi connectivity index (χ4n) is 4.52. The van der Waals surface area contributed by atoms with Crippen molar-refractivity contribution in [3.63, 3.8) is 0 Å². The molecule has 1 atom stereocenters. The Morgan fingerprint density at radius 1 is 1.05 bits per heavy atom. The molecular weight excluding hydrogens is 284 g/mol. The second kappa shape index (κ2) is 4.46. The average Bonchev–Trinajstić information content (AvgIpc) is 2.37. The van der Waals surface area contributed by atoms with Gasteiger partial charge in [-0.15, -0.1) is 0 Å². The Morgan fingerprint density at radius 2 is 1.42 bits per heavy atom. The maximum absolute atomic E-state index is 12.4. The molecule has 1 rings (SSSR count). The van der Waals surface area contributed by atoms with E-state index in [1.54, 1.807) is 0 Å². The smallest absolute Gasteiger partial charge is 0.308 e. The standard InChI is InChI=1S/C13H32N2OSi3/c1-13(2,3)11-14-12(16)15(4)19(11,17(5,6)7)18(8,9)10/h11H,1-10H3,(H,14,16). The van der Waals surface area contributed by atoms with E-state index in [1.807, 2.05) is 0 Å². The van der Waals surface area contributed by atoms with Crippen molar-refractivity contribution in [2.75, 3.05) is 7.05 Å². The van der Waals surface area contributed by atoms with Gasteiger partial charge in [-0.05, 0) is 5.41 Å². The Morgan fingerprint density at radius 3 is 1.63 bits per heavy atom. The Balaban J connectivity index is 3.62. The molecular formula is C13H32N2OSi3. The summed E-state index contributed by atoms with van der Waals surface area (Å²) in [5.74, 6) is 0. The first kappa shape index (κ1) is 17.0. The van der Waals surface area contributed by atoms with E-state index in [-0.39, 0.29) is 11.4 Å². The quantitative estimate of drug-likeness (QED) is 0.778. The zero-order valence-corrected chi connectivity index (χ0v) is 17.4. The van der Waals surface area contributed by atoms with Gasteiger partial charge in [-0.3, -0.25) is 0 Å². The lowest BCUT2D eigenvalue weighted by molar-refractivity contribution is 0.229. The van der Waals surface area contributed by atoms with Gasteiger partial charge < -0.3 is 9.88 Å². The maximum atomic E-state index is 12.4. The molecule has 1 aliphatic rings. The number of carbonyl (C=O) groups is 1. The number of hydrogen-bond acceptors (Lipinski definition) is 1. The summed E-state index contributed by atoms with van der Waals surface area (Å²) in [6.07, 6.45) is 0. The van der Waals surface area contributed by atoms with Crippen molar-refractivity contribution in [3.05, 3.63) is 0 Å². The molecule has 1 N–H and O–H groups in total. The fraction of sp³-hybridized carbons (Fsp3) is 0.923. The normalized spacial score (nSPS) is 24.6. The Labute approximate surface area is 121 Å². The summed E-state index contributed by atoms with van der Waals surface area (Å²) in [7, 11) is -2.63. The third-order valence-corrected chi connectivity index (χ3v) is 43.3. The number of nitrogens with one attached hydrogen (secondary N) is 1. The van der Waals surface area contributed by atoms with Gasteiger partial charge in [0.05, 0.1) is 15.2 Å². The molecule has 1 fully saturated rings. The molecule has 2 amide bonds. The first-order valence-corrected chi connectivity index (χ1v) is 18.2. The van der Waals surface area contributed by atoms with E-state index >= 15 is 0 Å². The van der Waals surface area contributed by atoms with Gasteiger partial charge >= 0.3 is 6.03 Å². The van der Waals surface area contributed by atoms with Crippen molar-refractivity contribution >= 4 is 28.5 Å². The monoisotopic (exact) mass is 316 g/mol. The molecule has 3 nitrogen and oxygen atoms in total. The van der Waals surface area contributed by atoms with Gasteiger partial charge in [0, 0.05) is 12.7 Å². The third kappa shape index (κ3) is 2.35. The minimum atomic E-state index is -1.82. The minimum Gasteiger partial charge on any atom is -0.357 e. The molecule has 19 heavy (non-hydrogen) atoms. The molecule has 112 valence electrons. The van der Waals surface area contributed by atoms with E-state index in [4.69, 9.17) is 0 Å². The lowest BCUT2D eigenvalue weighted by Crippen LogP contribution is -2.84. The molecule has 0 aliphatic carbocycles. The van der Waals surface area contributed by atoms with Crippen LogP contribution in [0.15, 0.2) is 0 Å². The molecule has 0 spiro atoms. The predicted octanol–water partition coefficient (Wildman–Crippen LogP) is 3.37. The number of nitrogens with zero attached hydrogens (tertiary/aromatic N) is 1. The van der Waals surface area contributed by atoms with Crippen LogP contribution in [0.25, 0.3) is 0 Å². The van der Waals surface area contributed by atoms with Gasteiger partial charge in [-0.2, -0.15) is 0 Å². The van der Waals surface area contributed by atoms with Gasteiger partial charge in [0.2, 0.25) is 0 Å². The Hall–Kier alpha value is -0.0794. The number of amides is 2. The van der Waals surface area contributed by atoms with E-state index in [2.05, 4.69) is 77.0 Å². The van der Waals surface area contributed by atoms with Crippen LogP contribution < -0.4 is 5.32 Å². The van der Waals surface area contributed by atoms with Crippen LogP contribution in [-0.4, -0.2) is 45.8 Å². The van der Waals surface area contributed by atoms with Gasteiger partial charge in [0.15, 0.2) is 7.27 Å². The zero-order valence-electron chi connectivity index (χ0n) is 14.4. The van der Waals surface area contributed by atoms with E-state index in [1.165, 1.54) is 0 Å². The van der Waals surface area contributed by atoms with Crippen molar-refractivity contribution in [3.8, 4) is 0 Å². The predicted molar refractivity (Wildman–Crippen MR) is 92.0 cm³/mol. The molecule has 6 heteroatoms. The number of hydrogen-bond donors (Lipinski definition) is 1. The fourth-order valence-corrected chi connectivity index (χ4v) is 54.7. The van der Waals surface area contributed by atoms with Crippen molar-refractivity contribution in [2.45, 2.75) is 65.7 Å². The van der Waals surface area contributed by atoms with E-state index in [0.29, 0.717) is 5.67 Å². The van der Waals surface area contributed by atoms with Crippen molar-refractivity contribution < 1.29 is 4.79 Å². The highest BCUT2D eigenvalue weighted by atomic mass is 29.6. The van der Waals surface area contributed by atoms with E-state index in [9.17, 15) is 4.79 Å². The number of urea groups is 1. The molecule has 0 aromatic heterocycles. The minimum absolute atomic E-state index is 0.146. The Kier molecular flexibility index (Phi) is 3.98. The summed E-state index contributed by atoms with van der Waals surface area (Å²) in [6, 6.07) is 0.177. The second-order valence-electron chi connectivity index (χ2n) is 9.07. The van der Waals surface area contributed by atoms with Crippen LogP contribution >= 0.6 is 0 Å². The van der Waals surface area contributed by atoms with Gasteiger partial charge in [0.25, 0.3) is 0 Å². The summed E-state index contributed by atoms with van der Waals surface area (Å²) in [6.45, 7) is 21.7. The summed E-state index contributed by atoms with van der Waals surface area (Å²) in [5, 5.41) is 3.37. The number of carbonyl (C=O) groups excluding carboxylic acids is 1. The average molecular weight is 317 g/mol. The van der Waals surface area contributed by atoms with Gasteiger partial charge in [-0.25, -0.2) is 4.79 Å². The van der Waals surface area contributed by atoms with Crippen LogP contribution in [0.4, 0.5) is 4.79 Å². The highest BCUT2D eigenvalue weighted by Crippen LogP contribution is 2.43. The van der Waals surface area contributed by atoms with Gasteiger partial charge in [0.1, 0.15) is 0 Å². The first-order chi connectivity index (χ1) is 8.17. The molecule has 0 radical (unpaired) electrons. The first-order valence-electron chi connectivity index (χ1n) is 7.21. The van der Waals surface area contributed by atoms with Crippen LogP contribution in [0.1, 0.15) is 20.8 Å². The summed E-state index contributed by atoms with van der Waals surface area (Å²) >= 11 is 0. The van der Waals surface area contributed by atoms with Crippen LogP contribution in [-0.2, 0) is 0 Å². The summed E-state index contributed by atoms with van der Waals surface area (Å²) in [5.41, 5.74) is 0.531. The highest BCUT2D eigenvalue weighted by molar-refractivity contribution is 7.68. The Bertz CT molecular complexity index is 363. The SMILES string of the molecule is CN1C(=O)NC(C(C)(C)C)[Si]1([Si](C)(C)C)[Si](C)(C)C. The molecule has 1 saturated heterocycles. The van der Waals surface area contributed by atoms with Crippen LogP contribution in [0.3, 0.4) is 0 Å². The van der Waals surface area contributed by atoms with Crippen molar-refractivity contribution in [1.82, 2.24) is 9.88 Å². The zero-order chi connectivity index (χ0) is 15.4. The molecule has 1 aliphatic heterocycles. The topological polar surface area (TPSA) is 32.3 Å². The lowest BCUT2D eigenvalue weighted by Gasteiger charge is -2.56. The van der Waals surface area contributed by atoms with Crippen LogP contribution in [0, 0.1) is 5.41 Å². The van der Waals surface area contributed by atoms with E-state index < -0.39 is 22.5 Å². The largest absolute Gasteiger partial charge is 0.357 e. The lowest BCUT2D eigenvalue weighted by atomic mass is 9.96. The maximum Gasteiger partial charge on any atom is 0.308 e. The molecule has 0 aromatic carbocycles. The third-order valence-electron chi connectivity index (χ3n) is 4.67. The molecule has 1 unspecified atom stereocenters. The number of rotatable bonds is 2. The molecule has 0 bridgehead atoms. The second-order valence-corrected chi connectivity index (χ2v) is 35.9. The summed E-state index contributed by atoms with van der Waals surface area (Å²) < 4.78 is 2.21. The molecule has 0 aromatic rings. The van der Waals surface area contributed by atoms with E-state index in [0.717, 1.165) is 0 Å². The van der Waals surface area contributed by atoms with Gasteiger partial charge in [-0.1, -0.05) is 60.1 Å². The van der Waals surface area contributed by atoms with Crippen LogP contribution in [0.5, 0.6) is 0 Å². The van der Waals surface area contributed by atoms with Crippen molar-refractivity contribution in [2.24, 2.45) is 5.41 Å². The molecule has 0 saturated carbocycles. The highest BCUT2D eigenvalue weighted by Gasteiger charge is 2.69.